The van der Waals surface area contributed by atoms with Crippen LogP contribution < -0.4 is 9.47 Å². The van der Waals surface area contributed by atoms with Crippen molar-refractivity contribution in [2.45, 2.75) is 4.90 Å². The fourth-order valence-electron chi connectivity index (χ4n) is 2.63. The van der Waals surface area contributed by atoms with E-state index in [0.717, 1.165) is 26.9 Å². The first-order valence-electron chi connectivity index (χ1n) is 7.09. The number of methoxy groups -OCH3 is 2. The van der Waals surface area contributed by atoms with Crippen LogP contribution in [0.2, 0.25) is 0 Å². The average molecular weight is 327 g/mol. The number of ether oxygens (including phenoxy) is 2. The second-order valence-electron chi connectivity index (χ2n) is 5.04. The van der Waals surface area contributed by atoms with Crippen molar-refractivity contribution in [3.63, 3.8) is 0 Å². The highest BCUT2D eigenvalue weighted by atomic mass is 32.2. The van der Waals surface area contributed by atoms with Gasteiger partial charge in [0.05, 0.1) is 25.5 Å². The molecule has 0 bridgehead atoms. The van der Waals surface area contributed by atoms with E-state index in [0.29, 0.717) is 11.5 Å². The smallest absolute Gasteiger partial charge is 0.161 e. The monoisotopic (exact) mass is 327 g/mol. The topological polar surface area (TPSA) is 54.4 Å². The molecule has 1 unspecified atom stereocenters. The highest BCUT2D eigenvalue weighted by Gasteiger charge is 2.17. The zero-order valence-corrected chi connectivity index (χ0v) is 14.0. The van der Waals surface area contributed by atoms with Gasteiger partial charge in [0.2, 0.25) is 0 Å². The van der Waals surface area contributed by atoms with Crippen molar-refractivity contribution in [3.05, 3.63) is 48.7 Å². The molecule has 0 radical (unpaired) electrons. The van der Waals surface area contributed by atoms with Crippen LogP contribution in [0, 0.1) is 0 Å². The highest BCUT2D eigenvalue weighted by Crippen LogP contribution is 2.37. The summed E-state index contributed by atoms with van der Waals surface area (Å²) in [6.07, 6.45) is 3.42. The number of hydrogen-bond acceptors (Lipinski definition) is 4. The normalized spacial score (nSPS) is 12.2. The number of fused-ring (bicyclic) bond motifs is 1. The summed E-state index contributed by atoms with van der Waals surface area (Å²) in [4.78, 5) is 5.29. The van der Waals surface area contributed by atoms with E-state index in [-0.39, 0.29) is 0 Å². The van der Waals surface area contributed by atoms with Crippen LogP contribution in [0.15, 0.2) is 53.6 Å². The summed E-state index contributed by atoms with van der Waals surface area (Å²) in [6.45, 7) is 0. The summed E-state index contributed by atoms with van der Waals surface area (Å²) in [5, 5.41) is 1.92. The molecule has 1 heterocycles. The van der Waals surface area contributed by atoms with Crippen LogP contribution in [0.25, 0.3) is 22.0 Å². The molecule has 4 nitrogen and oxygen atoms in total. The van der Waals surface area contributed by atoms with E-state index in [4.69, 9.17) is 9.47 Å². The summed E-state index contributed by atoms with van der Waals surface area (Å²) in [6, 6.07) is 13.4. The Morgan fingerprint density at radius 2 is 1.70 bits per heavy atom. The van der Waals surface area contributed by atoms with Gasteiger partial charge >= 0.3 is 0 Å². The summed E-state index contributed by atoms with van der Waals surface area (Å²) < 4.78 is 22.8. The number of benzene rings is 2. The molecule has 0 fully saturated rings. The third-order valence-electron chi connectivity index (χ3n) is 3.72. The van der Waals surface area contributed by atoms with E-state index in [1.807, 2.05) is 42.5 Å². The van der Waals surface area contributed by atoms with Crippen LogP contribution in [-0.4, -0.2) is 30.0 Å². The number of nitrogens with zero attached hydrogens (tertiary/aromatic N) is 1. The maximum absolute atomic E-state index is 12.0. The summed E-state index contributed by atoms with van der Waals surface area (Å²) >= 11 is -1.09. The Balaban J connectivity index is 2.31. The van der Waals surface area contributed by atoms with E-state index >= 15 is 0 Å². The molecule has 2 aromatic carbocycles. The van der Waals surface area contributed by atoms with Gasteiger partial charge in [0.25, 0.3) is 0 Å². The Hall–Kier alpha value is -2.24. The maximum atomic E-state index is 12.0. The van der Waals surface area contributed by atoms with Gasteiger partial charge in [-0.05, 0) is 46.9 Å². The molecule has 5 heteroatoms. The lowest BCUT2D eigenvalue weighted by Gasteiger charge is -2.13. The van der Waals surface area contributed by atoms with Gasteiger partial charge < -0.3 is 14.0 Å². The van der Waals surface area contributed by atoms with Crippen LogP contribution >= 0.6 is 0 Å². The summed E-state index contributed by atoms with van der Waals surface area (Å²) in [5.41, 5.74) is 1.65. The molecule has 0 aliphatic carbocycles. The molecule has 3 rings (SSSR count). The van der Waals surface area contributed by atoms with Crippen molar-refractivity contribution in [2.24, 2.45) is 0 Å². The van der Waals surface area contributed by atoms with Crippen LogP contribution in [0.3, 0.4) is 0 Å². The third-order valence-corrected chi connectivity index (χ3v) is 4.70. The Morgan fingerprint density at radius 1 is 1.00 bits per heavy atom. The van der Waals surface area contributed by atoms with Crippen LogP contribution in [0.5, 0.6) is 11.5 Å². The Morgan fingerprint density at radius 3 is 2.39 bits per heavy atom. The number of aromatic nitrogens is 1. The standard InChI is InChI=1S/C18H17NO3S/c1-21-15-10-12-8-9-19-18(14(12)11-16(15)22-2)13-6-4-5-7-17(13)23(3)20/h4-11H,1-3H3. The van der Waals surface area contributed by atoms with Crippen molar-refractivity contribution in [3.8, 4) is 22.8 Å². The minimum Gasteiger partial charge on any atom is -0.612 e. The molecule has 0 saturated heterocycles. The minimum atomic E-state index is -1.09. The van der Waals surface area contributed by atoms with Gasteiger partial charge in [-0.1, -0.05) is 12.1 Å². The lowest BCUT2D eigenvalue weighted by atomic mass is 10.0. The van der Waals surface area contributed by atoms with Gasteiger partial charge in [-0.15, -0.1) is 0 Å². The SMILES string of the molecule is COc1cc2ccnc(-c3ccccc3[S+](C)[O-])c2cc1OC. The van der Waals surface area contributed by atoms with Gasteiger partial charge in [0, 0.05) is 11.6 Å². The fourth-order valence-corrected chi connectivity index (χ4v) is 3.37. The molecule has 23 heavy (non-hydrogen) atoms. The highest BCUT2D eigenvalue weighted by molar-refractivity contribution is 7.90. The van der Waals surface area contributed by atoms with Crippen molar-refractivity contribution in [2.75, 3.05) is 20.5 Å². The molecule has 0 aliphatic heterocycles. The molecule has 0 spiro atoms. The predicted molar refractivity (Wildman–Crippen MR) is 92.6 cm³/mol. The quantitative estimate of drug-likeness (QED) is 0.686. The first kappa shape index (κ1) is 15.6. The summed E-state index contributed by atoms with van der Waals surface area (Å²) in [5.74, 6) is 1.31. The molecule has 0 saturated carbocycles. The summed E-state index contributed by atoms with van der Waals surface area (Å²) in [7, 11) is 3.22. The predicted octanol–water partition coefficient (Wildman–Crippen LogP) is 3.66. The van der Waals surface area contributed by atoms with Gasteiger partial charge in [0.1, 0.15) is 6.26 Å². The Labute approximate surface area is 138 Å². The number of hydrogen-bond donors (Lipinski definition) is 0. The van der Waals surface area contributed by atoms with E-state index in [1.54, 1.807) is 26.7 Å². The van der Waals surface area contributed by atoms with Crippen LogP contribution in [0.4, 0.5) is 0 Å². The number of rotatable bonds is 4. The largest absolute Gasteiger partial charge is 0.612 e. The first-order valence-corrected chi connectivity index (χ1v) is 8.65. The molecule has 1 atom stereocenters. The zero-order valence-electron chi connectivity index (χ0n) is 13.2. The molecule has 0 amide bonds. The van der Waals surface area contributed by atoms with Gasteiger partial charge in [-0.2, -0.15) is 0 Å². The molecule has 1 aromatic heterocycles. The van der Waals surface area contributed by atoms with Crippen molar-refractivity contribution in [1.29, 1.82) is 0 Å². The lowest BCUT2D eigenvalue weighted by Crippen LogP contribution is -2.01. The molecule has 118 valence electrons. The van der Waals surface area contributed by atoms with E-state index < -0.39 is 11.2 Å². The fraction of sp³-hybridized carbons (Fsp3) is 0.167. The minimum absolute atomic E-state index is 0.643. The molecular formula is C18H17NO3S. The van der Waals surface area contributed by atoms with Crippen molar-refractivity contribution in [1.82, 2.24) is 4.98 Å². The van der Waals surface area contributed by atoms with Crippen molar-refractivity contribution >= 4 is 21.9 Å². The Kier molecular flexibility index (Phi) is 4.41. The maximum Gasteiger partial charge on any atom is 0.161 e. The number of pyridine rings is 1. The molecule has 0 N–H and O–H groups in total. The lowest BCUT2D eigenvalue weighted by molar-refractivity contribution is 0.356. The molecule has 3 aromatic rings. The zero-order chi connectivity index (χ0) is 16.4. The second-order valence-corrected chi connectivity index (χ2v) is 6.39. The second kappa shape index (κ2) is 6.48. The average Bonchev–Trinajstić information content (AvgIpc) is 2.59. The van der Waals surface area contributed by atoms with E-state index in [2.05, 4.69) is 4.98 Å². The van der Waals surface area contributed by atoms with Gasteiger partial charge in [-0.3, -0.25) is 4.98 Å². The molecule has 0 aliphatic rings. The van der Waals surface area contributed by atoms with E-state index in [9.17, 15) is 4.55 Å². The van der Waals surface area contributed by atoms with E-state index in [1.165, 1.54) is 0 Å². The Bertz CT molecular complexity index is 849. The van der Waals surface area contributed by atoms with Gasteiger partial charge in [-0.25, -0.2) is 0 Å². The van der Waals surface area contributed by atoms with Crippen molar-refractivity contribution < 1.29 is 14.0 Å². The third kappa shape index (κ3) is 2.85. The van der Waals surface area contributed by atoms with Crippen LogP contribution in [0.1, 0.15) is 0 Å². The van der Waals surface area contributed by atoms with Crippen LogP contribution in [-0.2, 0) is 11.2 Å². The molecular weight excluding hydrogens is 310 g/mol. The van der Waals surface area contributed by atoms with Gasteiger partial charge in [0.15, 0.2) is 16.4 Å². The first-order chi connectivity index (χ1) is 11.2.